The molecule has 36 valence electrons. The summed E-state index contributed by atoms with van der Waals surface area (Å²) >= 11 is 0. The minimum Gasteiger partial charge on any atom is -0.303 e. The summed E-state index contributed by atoms with van der Waals surface area (Å²) < 4.78 is 8.88. The molecule has 0 atom stereocenters. The third-order valence-electron chi connectivity index (χ3n) is 0. The summed E-state index contributed by atoms with van der Waals surface area (Å²) in [5.41, 5.74) is 0. The molecule has 0 aromatic carbocycles. The van der Waals surface area contributed by atoms with Crippen LogP contribution in [0.25, 0.3) is 0 Å². The van der Waals surface area contributed by atoms with Crippen molar-refractivity contribution in [3.05, 3.63) is 0 Å². The predicted molar refractivity (Wildman–Crippen MR) is 20.0 cm³/mol. The molecular formula is H3O4PSn. The van der Waals surface area contributed by atoms with Crippen LogP contribution in [0.3, 0.4) is 0 Å². The maximum Gasteiger partial charge on any atom is 0.466 e. The summed E-state index contributed by atoms with van der Waals surface area (Å²) in [6.07, 6.45) is 0. The number of hydrogen-bond acceptors (Lipinski definition) is 1. The molecule has 4 nitrogen and oxygen atoms in total. The minimum absolute atomic E-state index is 0. The third-order valence-corrected chi connectivity index (χ3v) is 0. The SMILES string of the molecule is O=P(O)(O)O.[Sn]. The molecule has 6 heteroatoms. The molecule has 6 heavy (non-hydrogen) atoms. The average molecular weight is 217 g/mol. The number of phosphoric acid groups is 1. The first kappa shape index (κ1) is 10.0. The van der Waals surface area contributed by atoms with Gasteiger partial charge in [0.2, 0.25) is 0 Å². The second-order valence-corrected chi connectivity index (χ2v) is 1.54. The van der Waals surface area contributed by atoms with Crippen molar-refractivity contribution in [2.45, 2.75) is 0 Å². The van der Waals surface area contributed by atoms with Crippen LogP contribution >= 0.6 is 7.82 Å². The van der Waals surface area contributed by atoms with Gasteiger partial charge >= 0.3 is 7.82 Å². The molecule has 0 fully saturated rings. The fourth-order valence-corrected chi connectivity index (χ4v) is 0. The van der Waals surface area contributed by atoms with Gasteiger partial charge in [-0.25, -0.2) is 4.57 Å². The first-order valence-electron chi connectivity index (χ1n) is 0.783. The van der Waals surface area contributed by atoms with E-state index < -0.39 is 7.82 Å². The van der Waals surface area contributed by atoms with Crippen LogP contribution in [-0.2, 0) is 4.57 Å². The van der Waals surface area contributed by atoms with Gasteiger partial charge in [-0.05, 0) is 0 Å². The normalized spacial score (nSPS) is 9.83. The molecule has 3 N–H and O–H groups in total. The van der Waals surface area contributed by atoms with Crippen LogP contribution in [-0.4, -0.2) is 38.6 Å². The molecule has 0 aromatic heterocycles. The van der Waals surface area contributed by atoms with Crippen LogP contribution in [0.2, 0.25) is 0 Å². The van der Waals surface area contributed by atoms with Crippen LogP contribution in [0.15, 0.2) is 0 Å². The molecule has 0 unspecified atom stereocenters. The van der Waals surface area contributed by atoms with E-state index >= 15 is 0 Å². The average Bonchev–Trinajstić information content (AvgIpc) is 0.722. The number of rotatable bonds is 0. The van der Waals surface area contributed by atoms with Gasteiger partial charge in [-0.3, -0.25) is 0 Å². The van der Waals surface area contributed by atoms with Gasteiger partial charge in [-0.1, -0.05) is 0 Å². The van der Waals surface area contributed by atoms with E-state index in [1.807, 2.05) is 0 Å². The Labute approximate surface area is 51.4 Å². The molecular weight excluding hydrogens is 214 g/mol. The summed E-state index contributed by atoms with van der Waals surface area (Å²) in [6.45, 7) is 0. The van der Waals surface area contributed by atoms with Crippen LogP contribution in [0.4, 0.5) is 0 Å². The summed E-state index contributed by atoms with van der Waals surface area (Å²) in [5, 5.41) is 0. The fraction of sp³-hybridized carbons (Fsp3) is 0. The van der Waals surface area contributed by atoms with Gasteiger partial charge in [0.05, 0.1) is 0 Å². The fourth-order valence-electron chi connectivity index (χ4n) is 0. The largest absolute Gasteiger partial charge is 0.466 e. The molecule has 4 radical (unpaired) electrons. The first-order chi connectivity index (χ1) is 2.00. The van der Waals surface area contributed by atoms with E-state index in [4.69, 9.17) is 19.2 Å². The zero-order valence-electron chi connectivity index (χ0n) is 2.70. The summed E-state index contributed by atoms with van der Waals surface area (Å²) in [7, 11) is -4.64. The van der Waals surface area contributed by atoms with Gasteiger partial charge in [0.15, 0.2) is 0 Å². The molecule has 0 aliphatic rings. The van der Waals surface area contributed by atoms with Crippen LogP contribution < -0.4 is 0 Å². The molecule has 0 bridgehead atoms. The van der Waals surface area contributed by atoms with Crippen LogP contribution in [0.5, 0.6) is 0 Å². The summed E-state index contributed by atoms with van der Waals surface area (Å²) in [5.74, 6) is 0. The van der Waals surface area contributed by atoms with E-state index in [2.05, 4.69) is 0 Å². The Hall–Kier alpha value is 0.909. The van der Waals surface area contributed by atoms with Crippen LogP contribution in [0, 0.1) is 0 Å². The van der Waals surface area contributed by atoms with E-state index in [0.717, 1.165) is 0 Å². The van der Waals surface area contributed by atoms with Crippen LogP contribution in [0.1, 0.15) is 0 Å². The van der Waals surface area contributed by atoms with E-state index in [1.54, 1.807) is 0 Å². The maximum atomic E-state index is 8.88. The van der Waals surface area contributed by atoms with Gasteiger partial charge in [0.25, 0.3) is 0 Å². The Balaban J connectivity index is 0. The van der Waals surface area contributed by atoms with Crippen molar-refractivity contribution < 1.29 is 19.2 Å². The predicted octanol–water partition coefficient (Wildman–Crippen LogP) is -1.31. The van der Waals surface area contributed by atoms with Gasteiger partial charge in [0.1, 0.15) is 0 Å². The van der Waals surface area contributed by atoms with E-state index in [9.17, 15) is 0 Å². The van der Waals surface area contributed by atoms with E-state index in [1.165, 1.54) is 0 Å². The Kier molecular flexibility index (Phi) is 4.98. The molecule has 0 aromatic rings. The molecule has 0 aliphatic carbocycles. The first-order valence-corrected chi connectivity index (χ1v) is 2.35. The zero-order valence-corrected chi connectivity index (χ0v) is 6.45. The number of hydrogen-bond donors (Lipinski definition) is 3. The zero-order chi connectivity index (χ0) is 4.50. The molecule has 0 rings (SSSR count). The third kappa shape index (κ3) is 90.8. The second kappa shape index (κ2) is 2.98. The monoisotopic (exact) mass is 218 g/mol. The van der Waals surface area contributed by atoms with E-state index in [0.29, 0.717) is 0 Å². The minimum atomic E-state index is -4.64. The van der Waals surface area contributed by atoms with Crippen molar-refractivity contribution in [3.63, 3.8) is 0 Å². The van der Waals surface area contributed by atoms with Crippen molar-refractivity contribution in [1.82, 2.24) is 0 Å². The molecule has 0 spiro atoms. The molecule has 0 aliphatic heterocycles. The van der Waals surface area contributed by atoms with Gasteiger partial charge in [0, 0.05) is 23.9 Å². The van der Waals surface area contributed by atoms with Crippen molar-refractivity contribution >= 4 is 31.7 Å². The Morgan fingerprint density at radius 3 is 1.17 bits per heavy atom. The van der Waals surface area contributed by atoms with Crippen molar-refractivity contribution in [2.24, 2.45) is 0 Å². The molecule has 0 saturated carbocycles. The van der Waals surface area contributed by atoms with Crippen molar-refractivity contribution in [2.75, 3.05) is 0 Å². The second-order valence-electron chi connectivity index (χ2n) is 0.513. The Morgan fingerprint density at radius 2 is 1.17 bits per heavy atom. The van der Waals surface area contributed by atoms with Gasteiger partial charge in [-0.15, -0.1) is 0 Å². The molecule has 0 saturated heterocycles. The van der Waals surface area contributed by atoms with Gasteiger partial charge < -0.3 is 14.7 Å². The Morgan fingerprint density at radius 1 is 1.17 bits per heavy atom. The van der Waals surface area contributed by atoms with Crippen molar-refractivity contribution in [3.8, 4) is 0 Å². The molecule has 0 heterocycles. The van der Waals surface area contributed by atoms with Gasteiger partial charge in [-0.2, -0.15) is 0 Å². The molecule has 0 amide bonds. The van der Waals surface area contributed by atoms with E-state index in [-0.39, 0.29) is 23.9 Å². The summed E-state index contributed by atoms with van der Waals surface area (Å²) in [6, 6.07) is 0. The van der Waals surface area contributed by atoms with Crippen molar-refractivity contribution in [1.29, 1.82) is 0 Å². The smallest absolute Gasteiger partial charge is 0.303 e. The standard InChI is InChI=1S/H3O4P.Sn/c1-5(2,3)4;/h(H3,1,2,3,4);. The topological polar surface area (TPSA) is 77.8 Å². The Bertz CT molecular complexity index is 53.7. The maximum absolute atomic E-state index is 8.88. The quantitative estimate of drug-likeness (QED) is 0.347. The summed E-state index contributed by atoms with van der Waals surface area (Å²) in [4.78, 5) is 21.6.